The Balaban J connectivity index is 1.48. The van der Waals surface area contributed by atoms with E-state index in [-0.39, 0.29) is 6.10 Å². The van der Waals surface area contributed by atoms with Gasteiger partial charge in [0.2, 0.25) is 0 Å². The second kappa shape index (κ2) is 5.17. The Morgan fingerprint density at radius 2 is 1.88 bits per heavy atom. The molecular formula is C14H19NO2. The van der Waals surface area contributed by atoms with Gasteiger partial charge in [-0.1, -0.05) is 24.3 Å². The van der Waals surface area contributed by atoms with Gasteiger partial charge in [-0.3, -0.25) is 0 Å². The summed E-state index contributed by atoms with van der Waals surface area (Å²) in [5.41, 5.74) is 2.98. The van der Waals surface area contributed by atoms with Gasteiger partial charge in [0.05, 0.1) is 25.9 Å². The maximum Gasteiger partial charge on any atom is 0.0933 e. The zero-order valence-electron chi connectivity index (χ0n) is 10.0. The predicted molar refractivity (Wildman–Crippen MR) is 66.2 cm³/mol. The van der Waals surface area contributed by atoms with E-state index >= 15 is 0 Å². The lowest BCUT2D eigenvalue weighted by molar-refractivity contribution is -0.0870. The minimum Gasteiger partial charge on any atom is -0.376 e. The molecule has 3 rings (SSSR count). The van der Waals surface area contributed by atoms with Crippen molar-refractivity contribution in [3.63, 3.8) is 0 Å². The highest BCUT2D eigenvalue weighted by atomic mass is 16.6. The summed E-state index contributed by atoms with van der Waals surface area (Å²) in [4.78, 5) is 0. The van der Waals surface area contributed by atoms with Crippen molar-refractivity contribution in [3.05, 3.63) is 35.4 Å². The van der Waals surface area contributed by atoms with E-state index in [1.165, 1.54) is 11.1 Å². The molecule has 0 spiro atoms. The van der Waals surface area contributed by atoms with Gasteiger partial charge in [0, 0.05) is 12.6 Å². The summed E-state index contributed by atoms with van der Waals surface area (Å²) < 4.78 is 11.0. The van der Waals surface area contributed by atoms with Crippen molar-refractivity contribution in [3.8, 4) is 0 Å². The third-order valence-electron chi connectivity index (χ3n) is 3.57. The van der Waals surface area contributed by atoms with E-state index in [4.69, 9.17) is 9.47 Å². The molecule has 1 N–H and O–H groups in total. The first kappa shape index (κ1) is 11.2. The molecule has 3 heteroatoms. The fraction of sp³-hybridized carbons (Fsp3) is 0.571. The molecule has 1 heterocycles. The number of benzene rings is 1. The van der Waals surface area contributed by atoms with Crippen LogP contribution >= 0.6 is 0 Å². The Bertz CT molecular complexity index is 349. The molecule has 1 saturated heterocycles. The van der Waals surface area contributed by atoms with Gasteiger partial charge in [-0.05, 0) is 24.0 Å². The molecule has 0 bridgehead atoms. The molecule has 92 valence electrons. The zero-order chi connectivity index (χ0) is 11.5. The Hall–Kier alpha value is -0.900. The second-order valence-electron chi connectivity index (χ2n) is 4.85. The van der Waals surface area contributed by atoms with Gasteiger partial charge in [-0.2, -0.15) is 0 Å². The number of ether oxygens (including phenoxy) is 2. The topological polar surface area (TPSA) is 30.5 Å². The number of rotatable bonds is 3. The molecule has 1 aliphatic heterocycles. The summed E-state index contributed by atoms with van der Waals surface area (Å²) in [5.74, 6) is 0. The molecule has 1 aromatic carbocycles. The molecule has 0 amide bonds. The van der Waals surface area contributed by atoms with E-state index in [9.17, 15) is 0 Å². The molecule has 0 saturated carbocycles. The zero-order valence-corrected chi connectivity index (χ0v) is 10.0. The Labute approximate surface area is 102 Å². The van der Waals surface area contributed by atoms with Crippen molar-refractivity contribution in [2.75, 3.05) is 26.4 Å². The van der Waals surface area contributed by atoms with Crippen LogP contribution in [0.25, 0.3) is 0 Å². The molecule has 0 radical (unpaired) electrons. The summed E-state index contributed by atoms with van der Waals surface area (Å²) in [6, 6.07) is 9.28. The van der Waals surface area contributed by atoms with Crippen LogP contribution < -0.4 is 5.32 Å². The van der Waals surface area contributed by atoms with Gasteiger partial charge >= 0.3 is 0 Å². The lowest BCUT2D eigenvalue weighted by atomic mass is 10.1. The largest absolute Gasteiger partial charge is 0.376 e. The van der Waals surface area contributed by atoms with E-state index in [1.54, 1.807) is 0 Å². The van der Waals surface area contributed by atoms with Crippen LogP contribution in [0, 0.1) is 0 Å². The van der Waals surface area contributed by atoms with Crippen molar-refractivity contribution >= 4 is 0 Å². The van der Waals surface area contributed by atoms with Crippen LogP contribution in [0.2, 0.25) is 0 Å². The van der Waals surface area contributed by atoms with Crippen LogP contribution in [0.15, 0.2) is 24.3 Å². The third kappa shape index (κ3) is 2.68. The van der Waals surface area contributed by atoms with Crippen LogP contribution in [-0.4, -0.2) is 38.5 Å². The maximum absolute atomic E-state index is 5.63. The van der Waals surface area contributed by atoms with Crippen molar-refractivity contribution in [1.29, 1.82) is 0 Å². The van der Waals surface area contributed by atoms with Crippen molar-refractivity contribution in [2.45, 2.75) is 25.0 Å². The van der Waals surface area contributed by atoms with E-state index in [2.05, 4.69) is 29.6 Å². The normalized spacial score (nSPS) is 24.8. The number of hydrogen-bond donors (Lipinski definition) is 1. The first-order valence-electron chi connectivity index (χ1n) is 6.41. The van der Waals surface area contributed by atoms with Gasteiger partial charge in [-0.15, -0.1) is 0 Å². The van der Waals surface area contributed by atoms with E-state index in [1.807, 2.05) is 0 Å². The highest BCUT2D eigenvalue weighted by Gasteiger charge is 2.22. The molecule has 17 heavy (non-hydrogen) atoms. The summed E-state index contributed by atoms with van der Waals surface area (Å²) in [7, 11) is 0. The summed E-state index contributed by atoms with van der Waals surface area (Å²) >= 11 is 0. The molecular weight excluding hydrogens is 214 g/mol. The first-order valence-corrected chi connectivity index (χ1v) is 6.41. The molecule has 0 aromatic heterocycles. The minimum atomic E-state index is 0.229. The van der Waals surface area contributed by atoms with Gasteiger partial charge < -0.3 is 14.8 Å². The molecule has 1 fully saturated rings. The van der Waals surface area contributed by atoms with Crippen LogP contribution in [0.1, 0.15) is 11.1 Å². The highest BCUT2D eigenvalue weighted by Crippen LogP contribution is 2.21. The Morgan fingerprint density at radius 3 is 2.53 bits per heavy atom. The maximum atomic E-state index is 5.63. The predicted octanol–water partition coefficient (Wildman–Crippen LogP) is 1.16. The Morgan fingerprint density at radius 1 is 1.12 bits per heavy atom. The van der Waals surface area contributed by atoms with Crippen LogP contribution in [0.5, 0.6) is 0 Å². The molecule has 2 aliphatic rings. The van der Waals surface area contributed by atoms with E-state index in [0.717, 1.165) is 39.2 Å². The van der Waals surface area contributed by atoms with Crippen molar-refractivity contribution in [1.82, 2.24) is 5.32 Å². The van der Waals surface area contributed by atoms with Gasteiger partial charge in [0.25, 0.3) is 0 Å². The first-order chi connectivity index (χ1) is 8.42. The second-order valence-corrected chi connectivity index (χ2v) is 4.85. The molecule has 1 aromatic rings. The average Bonchev–Trinajstić information content (AvgIpc) is 2.80. The third-order valence-corrected chi connectivity index (χ3v) is 3.57. The lowest BCUT2D eigenvalue weighted by Gasteiger charge is -2.24. The molecule has 1 unspecified atom stereocenters. The average molecular weight is 233 g/mol. The van der Waals surface area contributed by atoms with Crippen LogP contribution in [0.3, 0.4) is 0 Å². The van der Waals surface area contributed by atoms with Gasteiger partial charge in [-0.25, -0.2) is 0 Å². The summed E-state index contributed by atoms with van der Waals surface area (Å²) in [5, 5.41) is 3.59. The SMILES string of the molecule is c1ccc2c(c1)CC(NCC1COCCO1)C2. The molecule has 3 nitrogen and oxygen atoms in total. The molecule has 1 atom stereocenters. The molecule has 1 aliphatic carbocycles. The number of fused-ring (bicyclic) bond motifs is 1. The summed E-state index contributed by atoms with van der Waals surface area (Å²) in [6.45, 7) is 3.11. The lowest BCUT2D eigenvalue weighted by Crippen LogP contribution is -2.41. The highest BCUT2D eigenvalue weighted by molar-refractivity contribution is 5.33. The van der Waals surface area contributed by atoms with E-state index < -0.39 is 0 Å². The van der Waals surface area contributed by atoms with Gasteiger partial charge in [0.15, 0.2) is 0 Å². The monoisotopic (exact) mass is 233 g/mol. The quantitative estimate of drug-likeness (QED) is 0.850. The summed E-state index contributed by atoms with van der Waals surface area (Å²) in [6.07, 6.45) is 2.51. The fourth-order valence-corrected chi connectivity index (χ4v) is 2.66. The number of hydrogen-bond acceptors (Lipinski definition) is 3. The fourth-order valence-electron chi connectivity index (χ4n) is 2.66. The van der Waals surface area contributed by atoms with Crippen molar-refractivity contribution < 1.29 is 9.47 Å². The van der Waals surface area contributed by atoms with E-state index in [0.29, 0.717) is 6.04 Å². The standard InChI is InChI=1S/C14H19NO2/c1-2-4-12-8-13(7-11(12)3-1)15-9-14-10-16-5-6-17-14/h1-4,13-15H,5-10H2. The Kier molecular flexibility index (Phi) is 3.41. The number of nitrogens with one attached hydrogen (secondary N) is 1. The van der Waals surface area contributed by atoms with Crippen molar-refractivity contribution in [2.24, 2.45) is 0 Å². The smallest absolute Gasteiger partial charge is 0.0933 e. The van der Waals surface area contributed by atoms with Crippen LogP contribution in [0.4, 0.5) is 0 Å². The van der Waals surface area contributed by atoms with Crippen LogP contribution in [-0.2, 0) is 22.3 Å². The van der Waals surface area contributed by atoms with Gasteiger partial charge in [0.1, 0.15) is 0 Å². The minimum absolute atomic E-state index is 0.229.